The molecule has 1 aromatic carbocycles. The number of nitrogen functional groups attached to an aromatic ring is 1. The van der Waals surface area contributed by atoms with E-state index in [1.807, 2.05) is 29.6 Å². The Bertz CT molecular complexity index is 1710. The fourth-order valence-electron chi connectivity index (χ4n) is 6.25. The van der Waals surface area contributed by atoms with E-state index in [0.29, 0.717) is 35.7 Å². The fourth-order valence-corrected chi connectivity index (χ4v) is 6.25. The lowest BCUT2D eigenvalue weighted by molar-refractivity contribution is -0.150. The van der Waals surface area contributed by atoms with Crippen LogP contribution in [0.25, 0.3) is 16.8 Å². The van der Waals surface area contributed by atoms with E-state index in [4.69, 9.17) is 10.7 Å². The van der Waals surface area contributed by atoms with E-state index in [0.717, 1.165) is 56.3 Å². The number of nitrogens with one attached hydrogen (secondary N) is 1. The Kier molecular flexibility index (Phi) is 7.52. The molecule has 3 N–H and O–H groups in total. The number of carbonyl (C=O) groups excluding carboxylic acids is 2. The highest BCUT2D eigenvalue weighted by Gasteiger charge is 2.49. The molecule has 0 spiro atoms. The van der Waals surface area contributed by atoms with Crippen molar-refractivity contribution in [3.8, 4) is 11.3 Å². The van der Waals surface area contributed by atoms with Crippen LogP contribution in [0.2, 0.25) is 0 Å². The standard InChI is InChI=1S/C31H33F3N8O2/c1-40(2)30(11-4-12-30)29(44)41-15-3-5-21(18-41)27-39-24(25-26(35)37-14-16-42(25)27)19-6-8-20(9-7-19)28(43)38-23-17-22(10-13-36-23)31(32,33)34/h6-10,13-14,16-17,21H,3-5,11-12,15,18H2,1-2H3,(H2,35,37)(H,36,38,43). The Morgan fingerprint density at radius 3 is 2.48 bits per heavy atom. The number of alkyl halides is 3. The van der Waals surface area contributed by atoms with E-state index >= 15 is 0 Å². The molecule has 2 aliphatic rings. The highest BCUT2D eigenvalue weighted by Crippen LogP contribution is 2.40. The molecule has 3 aromatic heterocycles. The van der Waals surface area contributed by atoms with Gasteiger partial charge in [0.15, 0.2) is 0 Å². The van der Waals surface area contributed by atoms with Crippen molar-refractivity contribution in [2.75, 3.05) is 38.2 Å². The highest BCUT2D eigenvalue weighted by atomic mass is 19.4. The van der Waals surface area contributed by atoms with Gasteiger partial charge < -0.3 is 16.0 Å². The average molecular weight is 607 g/mol. The molecule has 2 fully saturated rings. The molecule has 1 saturated heterocycles. The molecular formula is C31H33F3N8O2. The van der Waals surface area contributed by atoms with Crippen LogP contribution in [-0.4, -0.2) is 73.7 Å². The van der Waals surface area contributed by atoms with E-state index in [2.05, 4.69) is 20.2 Å². The van der Waals surface area contributed by atoms with E-state index in [1.54, 1.807) is 30.5 Å². The number of nitrogens with zero attached hydrogens (tertiary/aromatic N) is 6. The van der Waals surface area contributed by atoms with Gasteiger partial charge in [-0.05, 0) is 70.5 Å². The van der Waals surface area contributed by atoms with Crippen LogP contribution in [0.15, 0.2) is 55.0 Å². The largest absolute Gasteiger partial charge is 0.416 e. The number of fused-ring (bicyclic) bond motifs is 1. The quantitative estimate of drug-likeness (QED) is 0.322. The first kappa shape index (κ1) is 29.5. The summed E-state index contributed by atoms with van der Waals surface area (Å²) >= 11 is 0. The van der Waals surface area contributed by atoms with Crippen LogP contribution < -0.4 is 11.1 Å². The number of halogens is 3. The predicted molar refractivity (Wildman–Crippen MR) is 159 cm³/mol. The number of imidazole rings is 1. The summed E-state index contributed by atoms with van der Waals surface area (Å²) in [5.74, 6) is 0.435. The molecule has 44 heavy (non-hydrogen) atoms. The molecule has 230 valence electrons. The van der Waals surface area contributed by atoms with Crippen molar-refractivity contribution in [1.29, 1.82) is 0 Å². The minimum absolute atomic E-state index is 0.0138. The molecule has 6 rings (SSSR count). The van der Waals surface area contributed by atoms with Crippen LogP contribution in [-0.2, 0) is 11.0 Å². The van der Waals surface area contributed by atoms with Crippen molar-refractivity contribution < 1.29 is 22.8 Å². The van der Waals surface area contributed by atoms with Gasteiger partial charge in [0, 0.05) is 48.7 Å². The van der Waals surface area contributed by atoms with E-state index < -0.39 is 23.2 Å². The number of benzene rings is 1. The molecule has 4 aromatic rings. The third-order valence-corrected chi connectivity index (χ3v) is 8.87. The van der Waals surface area contributed by atoms with Gasteiger partial charge in [0.25, 0.3) is 5.91 Å². The summed E-state index contributed by atoms with van der Waals surface area (Å²) < 4.78 is 41.1. The lowest BCUT2D eigenvalue weighted by Crippen LogP contribution is -2.62. The maximum Gasteiger partial charge on any atom is 0.416 e. The van der Waals surface area contributed by atoms with Gasteiger partial charge in [0.2, 0.25) is 5.91 Å². The zero-order chi connectivity index (χ0) is 31.2. The minimum Gasteiger partial charge on any atom is -0.382 e. The molecule has 2 amide bonds. The number of piperidine rings is 1. The number of pyridine rings is 1. The number of aromatic nitrogens is 4. The Morgan fingerprint density at radius 2 is 1.82 bits per heavy atom. The van der Waals surface area contributed by atoms with Crippen molar-refractivity contribution in [1.82, 2.24) is 29.2 Å². The van der Waals surface area contributed by atoms with Crippen molar-refractivity contribution in [2.45, 2.75) is 49.7 Å². The van der Waals surface area contributed by atoms with Crippen molar-refractivity contribution in [3.05, 3.63) is 71.9 Å². The lowest BCUT2D eigenvalue weighted by atomic mass is 9.74. The van der Waals surface area contributed by atoms with Gasteiger partial charge in [0.05, 0.1) is 5.56 Å². The number of likely N-dealkylation sites (tertiary alicyclic amines) is 1. The molecule has 0 radical (unpaired) electrons. The number of amides is 2. The summed E-state index contributed by atoms with van der Waals surface area (Å²) in [7, 11) is 3.94. The van der Waals surface area contributed by atoms with Crippen molar-refractivity contribution in [3.63, 3.8) is 0 Å². The molecule has 13 heteroatoms. The molecule has 0 bridgehead atoms. The second-order valence-corrected chi connectivity index (χ2v) is 11.7. The van der Waals surface area contributed by atoms with Gasteiger partial charge in [-0.1, -0.05) is 12.1 Å². The lowest BCUT2D eigenvalue weighted by Gasteiger charge is -2.49. The number of rotatable bonds is 6. The summed E-state index contributed by atoms with van der Waals surface area (Å²) in [4.78, 5) is 43.6. The summed E-state index contributed by atoms with van der Waals surface area (Å²) in [6, 6.07) is 8.17. The van der Waals surface area contributed by atoms with Gasteiger partial charge in [-0.3, -0.25) is 18.9 Å². The summed E-state index contributed by atoms with van der Waals surface area (Å²) in [6.45, 7) is 1.27. The summed E-state index contributed by atoms with van der Waals surface area (Å²) in [5.41, 5.74) is 7.14. The zero-order valence-corrected chi connectivity index (χ0v) is 24.4. The van der Waals surface area contributed by atoms with Crippen LogP contribution in [0.4, 0.5) is 24.8 Å². The number of anilines is 2. The second kappa shape index (κ2) is 11.2. The Hall–Kier alpha value is -4.52. The molecular weight excluding hydrogens is 573 g/mol. The monoisotopic (exact) mass is 606 g/mol. The first-order valence-corrected chi connectivity index (χ1v) is 14.5. The Morgan fingerprint density at radius 1 is 1.07 bits per heavy atom. The number of likely N-dealkylation sites (N-methyl/N-ethyl adjacent to an activating group) is 1. The van der Waals surface area contributed by atoms with Crippen molar-refractivity contribution in [2.24, 2.45) is 0 Å². The van der Waals surface area contributed by atoms with Gasteiger partial charge in [0.1, 0.15) is 34.2 Å². The van der Waals surface area contributed by atoms with Crippen molar-refractivity contribution >= 4 is 29.0 Å². The van der Waals surface area contributed by atoms with Gasteiger partial charge >= 0.3 is 6.18 Å². The first-order chi connectivity index (χ1) is 21.0. The average Bonchev–Trinajstić information content (AvgIpc) is 3.37. The predicted octanol–water partition coefficient (Wildman–Crippen LogP) is 4.83. The normalized spacial score (nSPS) is 18.3. The first-order valence-electron chi connectivity index (χ1n) is 14.5. The third-order valence-electron chi connectivity index (χ3n) is 8.87. The fraction of sp³-hybridized carbons (Fsp3) is 0.387. The Balaban J connectivity index is 1.26. The van der Waals surface area contributed by atoms with E-state index in [9.17, 15) is 22.8 Å². The minimum atomic E-state index is -4.55. The summed E-state index contributed by atoms with van der Waals surface area (Å²) in [5, 5.41) is 2.42. The van der Waals surface area contributed by atoms with Crippen LogP contribution in [0.5, 0.6) is 0 Å². The molecule has 1 atom stereocenters. The van der Waals surface area contributed by atoms with E-state index in [-0.39, 0.29) is 23.2 Å². The molecule has 1 unspecified atom stereocenters. The smallest absolute Gasteiger partial charge is 0.382 e. The van der Waals surface area contributed by atoms with Crippen LogP contribution in [0.3, 0.4) is 0 Å². The van der Waals surface area contributed by atoms with Crippen LogP contribution >= 0.6 is 0 Å². The number of hydrogen-bond donors (Lipinski definition) is 2. The molecule has 10 nitrogen and oxygen atoms in total. The highest BCUT2D eigenvalue weighted by molar-refractivity contribution is 6.04. The SMILES string of the molecule is CN(C)C1(C(=O)N2CCCC(c3nc(-c4ccc(C(=O)Nc5cc(C(F)(F)F)ccn5)cc4)c4c(N)nccn34)C2)CCC1. The molecule has 1 saturated carbocycles. The van der Waals surface area contributed by atoms with Gasteiger partial charge in [-0.2, -0.15) is 13.2 Å². The molecule has 1 aliphatic carbocycles. The number of hydrogen-bond acceptors (Lipinski definition) is 7. The number of carbonyl (C=O) groups is 2. The molecule has 1 aliphatic heterocycles. The Labute approximate surface area is 252 Å². The second-order valence-electron chi connectivity index (χ2n) is 11.7. The maximum atomic E-state index is 13.7. The number of nitrogens with two attached hydrogens (primary N) is 1. The van der Waals surface area contributed by atoms with Crippen LogP contribution in [0.1, 0.15) is 59.8 Å². The topological polar surface area (TPSA) is 122 Å². The maximum absolute atomic E-state index is 13.7. The van der Waals surface area contributed by atoms with Crippen LogP contribution in [0, 0.1) is 0 Å². The zero-order valence-electron chi connectivity index (χ0n) is 24.4. The van der Waals surface area contributed by atoms with Gasteiger partial charge in [-0.15, -0.1) is 0 Å². The van der Waals surface area contributed by atoms with E-state index in [1.165, 1.54) is 0 Å². The van der Waals surface area contributed by atoms with Gasteiger partial charge in [-0.25, -0.2) is 15.0 Å². The third kappa shape index (κ3) is 5.25. The summed E-state index contributed by atoms with van der Waals surface area (Å²) in [6.07, 6.45) is 4.37. The molecule has 4 heterocycles.